The molecule has 0 amide bonds. The van der Waals surface area contributed by atoms with Gasteiger partial charge in [-0.25, -0.2) is 0 Å². The molecule has 110 valence electrons. The molecule has 4 heteroatoms. The van der Waals surface area contributed by atoms with Crippen molar-refractivity contribution in [2.45, 2.75) is 68.8 Å². The van der Waals surface area contributed by atoms with E-state index in [2.05, 4.69) is 11.9 Å². The highest BCUT2D eigenvalue weighted by Gasteiger charge is 2.42. The van der Waals surface area contributed by atoms with Crippen LogP contribution in [0.15, 0.2) is 0 Å². The van der Waals surface area contributed by atoms with Crippen LogP contribution in [0.1, 0.15) is 51.4 Å². The predicted molar refractivity (Wildman–Crippen MR) is 72.9 cm³/mol. The van der Waals surface area contributed by atoms with Crippen molar-refractivity contribution in [1.29, 1.82) is 0 Å². The number of likely N-dealkylation sites (N-methyl/N-ethyl adjacent to an activating group) is 1. The average Bonchev–Trinajstić information content (AvgIpc) is 3.00. The first-order valence-corrected chi connectivity index (χ1v) is 7.82. The van der Waals surface area contributed by atoms with E-state index in [4.69, 9.17) is 9.47 Å². The van der Waals surface area contributed by atoms with Crippen LogP contribution in [0.25, 0.3) is 0 Å². The molecule has 1 heterocycles. The van der Waals surface area contributed by atoms with Gasteiger partial charge in [0.25, 0.3) is 0 Å². The Kier molecular flexibility index (Phi) is 3.87. The van der Waals surface area contributed by atoms with Gasteiger partial charge in [0, 0.05) is 25.4 Å². The normalized spacial score (nSPS) is 30.5. The number of hydrogen-bond donors (Lipinski definition) is 1. The fourth-order valence-electron chi connectivity index (χ4n) is 4.05. The SMILES string of the molecule is CN(CC1(O)CCCC1)C1CCC2(CC1)OCCO2. The van der Waals surface area contributed by atoms with Gasteiger partial charge in [-0.15, -0.1) is 0 Å². The van der Waals surface area contributed by atoms with E-state index < -0.39 is 5.60 Å². The zero-order valence-corrected chi connectivity index (χ0v) is 12.1. The van der Waals surface area contributed by atoms with Gasteiger partial charge in [-0.05, 0) is 32.7 Å². The Morgan fingerprint density at radius 1 is 1.05 bits per heavy atom. The third kappa shape index (κ3) is 2.97. The van der Waals surface area contributed by atoms with Gasteiger partial charge >= 0.3 is 0 Å². The molecule has 3 aliphatic rings. The molecule has 0 aromatic carbocycles. The van der Waals surface area contributed by atoms with E-state index in [0.717, 1.165) is 58.3 Å². The highest BCUT2D eigenvalue weighted by atomic mass is 16.7. The van der Waals surface area contributed by atoms with Crippen molar-refractivity contribution in [2.24, 2.45) is 0 Å². The number of rotatable bonds is 3. The standard InChI is InChI=1S/C15H27NO3/c1-16(12-14(17)6-2-3-7-14)13-4-8-15(9-5-13)18-10-11-19-15/h13,17H,2-12H2,1H3. The summed E-state index contributed by atoms with van der Waals surface area (Å²) in [7, 11) is 2.16. The lowest BCUT2D eigenvalue weighted by atomic mass is 9.88. The first-order valence-electron chi connectivity index (χ1n) is 7.82. The molecule has 0 atom stereocenters. The fourth-order valence-corrected chi connectivity index (χ4v) is 4.05. The molecule has 1 N–H and O–H groups in total. The summed E-state index contributed by atoms with van der Waals surface area (Å²) in [4.78, 5) is 2.37. The maximum Gasteiger partial charge on any atom is 0.168 e. The molecule has 4 nitrogen and oxygen atoms in total. The Morgan fingerprint density at radius 2 is 1.63 bits per heavy atom. The Balaban J connectivity index is 1.50. The van der Waals surface area contributed by atoms with Crippen molar-refractivity contribution >= 4 is 0 Å². The maximum atomic E-state index is 10.5. The monoisotopic (exact) mass is 269 g/mol. The van der Waals surface area contributed by atoms with Crippen LogP contribution < -0.4 is 0 Å². The second-order valence-corrected chi connectivity index (χ2v) is 6.69. The summed E-state index contributed by atoms with van der Waals surface area (Å²) in [5.41, 5.74) is -0.426. The van der Waals surface area contributed by atoms with Crippen molar-refractivity contribution in [1.82, 2.24) is 4.90 Å². The topological polar surface area (TPSA) is 41.9 Å². The van der Waals surface area contributed by atoms with Crippen molar-refractivity contribution in [3.8, 4) is 0 Å². The second kappa shape index (κ2) is 5.32. The molecule has 0 unspecified atom stereocenters. The van der Waals surface area contributed by atoms with Crippen LogP contribution in [0.5, 0.6) is 0 Å². The van der Waals surface area contributed by atoms with Crippen molar-refractivity contribution in [3.63, 3.8) is 0 Å². The fraction of sp³-hybridized carbons (Fsp3) is 1.00. The lowest BCUT2D eigenvalue weighted by Crippen LogP contribution is -2.47. The molecule has 3 fully saturated rings. The quantitative estimate of drug-likeness (QED) is 0.850. The van der Waals surface area contributed by atoms with E-state index in [9.17, 15) is 5.11 Å². The molecule has 1 saturated heterocycles. The van der Waals surface area contributed by atoms with Crippen LogP contribution in [0.3, 0.4) is 0 Å². The van der Waals surface area contributed by atoms with Crippen LogP contribution in [-0.4, -0.2) is 54.2 Å². The molecule has 3 rings (SSSR count). The minimum absolute atomic E-state index is 0.262. The highest BCUT2D eigenvalue weighted by Crippen LogP contribution is 2.38. The van der Waals surface area contributed by atoms with E-state index in [0.29, 0.717) is 6.04 Å². The second-order valence-electron chi connectivity index (χ2n) is 6.69. The summed E-state index contributed by atoms with van der Waals surface area (Å²) < 4.78 is 11.5. The minimum Gasteiger partial charge on any atom is -0.389 e. The molecule has 0 aromatic heterocycles. The van der Waals surface area contributed by atoms with Gasteiger partial charge in [0.1, 0.15) is 0 Å². The van der Waals surface area contributed by atoms with Crippen molar-refractivity contribution in [2.75, 3.05) is 26.8 Å². The first kappa shape index (κ1) is 13.8. The first-order chi connectivity index (χ1) is 9.11. The number of ether oxygens (including phenoxy) is 2. The third-order valence-electron chi connectivity index (χ3n) is 5.23. The van der Waals surface area contributed by atoms with Crippen LogP contribution >= 0.6 is 0 Å². The smallest absolute Gasteiger partial charge is 0.168 e. The van der Waals surface area contributed by atoms with Crippen molar-refractivity contribution in [3.05, 3.63) is 0 Å². The molecule has 0 radical (unpaired) electrons. The Morgan fingerprint density at radius 3 is 2.21 bits per heavy atom. The number of nitrogens with zero attached hydrogens (tertiary/aromatic N) is 1. The van der Waals surface area contributed by atoms with Crippen LogP contribution in [0.2, 0.25) is 0 Å². The summed E-state index contributed by atoms with van der Waals surface area (Å²) in [5.74, 6) is -0.262. The van der Waals surface area contributed by atoms with Crippen LogP contribution in [0, 0.1) is 0 Å². The molecular weight excluding hydrogens is 242 g/mol. The van der Waals surface area contributed by atoms with E-state index in [-0.39, 0.29) is 5.79 Å². The van der Waals surface area contributed by atoms with Gasteiger partial charge in [-0.1, -0.05) is 12.8 Å². The average molecular weight is 269 g/mol. The zero-order valence-electron chi connectivity index (χ0n) is 12.1. The molecule has 2 saturated carbocycles. The molecule has 1 aliphatic heterocycles. The van der Waals surface area contributed by atoms with Gasteiger partial charge in [-0.2, -0.15) is 0 Å². The van der Waals surface area contributed by atoms with E-state index in [1.165, 1.54) is 12.8 Å². The van der Waals surface area contributed by atoms with Gasteiger partial charge in [0.2, 0.25) is 0 Å². The summed E-state index contributed by atoms with van der Waals surface area (Å²) in [6, 6.07) is 0.572. The van der Waals surface area contributed by atoms with Gasteiger partial charge in [-0.3, -0.25) is 0 Å². The summed E-state index contributed by atoms with van der Waals surface area (Å²) in [6.45, 7) is 2.33. The third-order valence-corrected chi connectivity index (χ3v) is 5.23. The number of aliphatic hydroxyl groups is 1. The Labute approximate surface area is 116 Å². The van der Waals surface area contributed by atoms with E-state index >= 15 is 0 Å². The van der Waals surface area contributed by atoms with Crippen LogP contribution in [0.4, 0.5) is 0 Å². The molecule has 2 aliphatic carbocycles. The molecule has 0 bridgehead atoms. The predicted octanol–water partition coefficient (Wildman–Crippen LogP) is 1.91. The summed E-state index contributed by atoms with van der Waals surface area (Å²) >= 11 is 0. The lowest BCUT2D eigenvalue weighted by molar-refractivity contribution is -0.184. The highest BCUT2D eigenvalue weighted by molar-refractivity contribution is 4.91. The zero-order chi connectivity index (χ0) is 13.3. The number of hydrogen-bond acceptors (Lipinski definition) is 4. The minimum atomic E-state index is -0.426. The van der Waals surface area contributed by atoms with Gasteiger partial charge in [0.05, 0.1) is 18.8 Å². The van der Waals surface area contributed by atoms with Crippen molar-refractivity contribution < 1.29 is 14.6 Å². The Bertz CT molecular complexity index is 299. The van der Waals surface area contributed by atoms with Crippen LogP contribution in [-0.2, 0) is 9.47 Å². The lowest BCUT2D eigenvalue weighted by Gasteiger charge is -2.41. The summed E-state index contributed by atoms with van der Waals surface area (Å²) in [6.07, 6.45) is 8.54. The summed E-state index contributed by atoms with van der Waals surface area (Å²) in [5, 5.41) is 10.5. The van der Waals surface area contributed by atoms with Gasteiger partial charge in [0.15, 0.2) is 5.79 Å². The molecule has 19 heavy (non-hydrogen) atoms. The van der Waals surface area contributed by atoms with E-state index in [1.807, 2.05) is 0 Å². The van der Waals surface area contributed by atoms with Gasteiger partial charge < -0.3 is 19.5 Å². The largest absolute Gasteiger partial charge is 0.389 e. The Hall–Kier alpha value is -0.160. The molecular formula is C15H27NO3. The molecule has 1 spiro atoms. The molecule has 0 aromatic rings. The maximum absolute atomic E-state index is 10.5. The van der Waals surface area contributed by atoms with E-state index in [1.54, 1.807) is 0 Å².